The number of alkyl halides is 2. The first-order chi connectivity index (χ1) is 14.9. The molecule has 2 aromatic rings. The molecule has 3 amide bonds. The third-order valence-electron chi connectivity index (χ3n) is 3.96. The van der Waals surface area contributed by atoms with E-state index in [0.29, 0.717) is 6.54 Å². The Hall–Kier alpha value is -3.76. The topological polar surface area (TPSA) is 119 Å². The van der Waals surface area contributed by atoms with Crippen LogP contribution in [-0.4, -0.2) is 49.5 Å². The zero-order valence-corrected chi connectivity index (χ0v) is 16.7. The van der Waals surface area contributed by atoms with E-state index in [0.717, 1.165) is 5.56 Å². The van der Waals surface area contributed by atoms with Crippen LogP contribution in [0.15, 0.2) is 42.7 Å². The third-order valence-corrected chi connectivity index (χ3v) is 3.96. The van der Waals surface area contributed by atoms with Crippen LogP contribution in [0.4, 0.5) is 8.78 Å². The molecule has 3 N–H and O–H groups in total. The first-order valence-electron chi connectivity index (χ1n) is 9.22. The van der Waals surface area contributed by atoms with Gasteiger partial charge in [0.25, 0.3) is 5.91 Å². The summed E-state index contributed by atoms with van der Waals surface area (Å²) in [5, 5.41) is 7.63. The van der Waals surface area contributed by atoms with Crippen LogP contribution in [0.2, 0.25) is 0 Å². The average molecular weight is 436 g/mol. The molecular formula is C20H22F2N4O5. The molecule has 1 aromatic carbocycles. The van der Waals surface area contributed by atoms with Crippen molar-refractivity contribution < 1.29 is 32.6 Å². The molecule has 0 unspecified atom stereocenters. The summed E-state index contributed by atoms with van der Waals surface area (Å²) in [6.07, 6.45) is 3.32. The van der Waals surface area contributed by atoms with E-state index in [1.807, 2.05) is 0 Å². The lowest BCUT2D eigenvalue weighted by Gasteiger charge is -2.11. The number of pyridine rings is 1. The molecule has 31 heavy (non-hydrogen) atoms. The van der Waals surface area contributed by atoms with Gasteiger partial charge in [0.2, 0.25) is 11.8 Å². The highest BCUT2D eigenvalue weighted by atomic mass is 19.3. The van der Waals surface area contributed by atoms with Gasteiger partial charge in [-0.2, -0.15) is 8.78 Å². The van der Waals surface area contributed by atoms with Gasteiger partial charge in [-0.1, -0.05) is 0 Å². The van der Waals surface area contributed by atoms with Crippen molar-refractivity contribution in [1.82, 2.24) is 20.9 Å². The van der Waals surface area contributed by atoms with Crippen LogP contribution in [-0.2, 0) is 16.1 Å². The van der Waals surface area contributed by atoms with Crippen LogP contribution < -0.4 is 25.4 Å². The highest BCUT2D eigenvalue weighted by Crippen LogP contribution is 2.29. The monoisotopic (exact) mass is 436 g/mol. The molecule has 0 aliphatic rings. The Kier molecular flexibility index (Phi) is 9.14. The van der Waals surface area contributed by atoms with Crippen molar-refractivity contribution in [3.63, 3.8) is 0 Å². The predicted molar refractivity (Wildman–Crippen MR) is 106 cm³/mol. The lowest BCUT2D eigenvalue weighted by atomic mass is 10.2. The zero-order chi connectivity index (χ0) is 22.6. The molecule has 0 radical (unpaired) electrons. The van der Waals surface area contributed by atoms with Crippen LogP contribution in [0.3, 0.4) is 0 Å². The fourth-order valence-electron chi connectivity index (χ4n) is 2.43. The number of rotatable bonds is 11. The zero-order valence-electron chi connectivity index (χ0n) is 16.7. The number of carbonyl (C=O) groups is 3. The quantitative estimate of drug-likeness (QED) is 0.488. The van der Waals surface area contributed by atoms with Crippen molar-refractivity contribution in [2.75, 3.05) is 20.2 Å². The molecule has 1 heterocycles. The second-order valence-corrected chi connectivity index (χ2v) is 6.16. The molecule has 0 fully saturated rings. The summed E-state index contributed by atoms with van der Waals surface area (Å²) in [7, 11) is 1.25. The number of hydrogen-bond acceptors (Lipinski definition) is 6. The highest BCUT2D eigenvalue weighted by molar-refractivity contribution is 5.97. The van der Waals surface area contributed by atoms with E-state index < -0.39 is 18.4 Å². The maximum Gasteiger partial charge on any atom is 0.387 e. The van der Waals surface area contributed by atoms with Crippen molar-refractivity contribution in [2.24, 2.45) is 0 Å². The summed E-state index contributed by atoms with van der Waals surface area (Å²) in [4.78, 5) is 39.7. The van der Waals surface area contributed by atoms with Crippen molar-refractivity contribution >= 4 is 17.7 Å². The summed E-state index contributed by atoms with van der Waals surface area (Å²) in [6.45, 7) is -2.90. The molecule has 9 nitrogen and oxygen atoms in total. The number of halogens is 2. The fraction of sp³-hybridized carbons (Fsp3) is 0.300. The second-order valence-electron chi connectivity index (χ2n) is 6.16. The van der Waals surface area contributed by atoms with Gasteiger partial charge in [-0.25, -0.2) is 0 Å². The summed E-state index contributed by atoms with van der Waals surface area (Å²) < 4.78 is 33.9. The number of benzene rings is 1. The normalized spacial score (nSPS) is 10.3. The Labute approximate surface area is 177 Å². The third kappa shape index (κ3) is 8.25. The van der Waals surface area contributed by atoms with Crippen LogP contribution >= 0.6 is 0 Å². The number of hydrogen-bond donors (Lipinski definition) is 3. The van der Waals surface area contributed by atoms with Gasteiger partial charge in [-0.3, -0.25) is 19.4 Å². The Morgan fingerprint density at radius 2 is 1.74 bits per heavy atom. The van der Waals surface area contributed by atoms with E-state index in [2.05, 4.69) is 25.7 Å². The lowest BCUT2D eigenvalue weighted by Crippen LogP contribution is -2.38. The van der Waals surface area contributed by atoms with E-state index in [4.69, 9.17) is 4.74 Å². The van der Waals surface area contributed by atoms with Gasteiger partial charge in [-0.05, 0) is 35.9 Å². The van der Waals surface area contributed by atoms with Gasteiger partial charge in [0.05, 0.1) is 13.7 Å². The van der Waals surface area contributed by atoms with Gasteiger partial charge in [-0.15, -0.1) is 0 Å². The van der Waals surface area contributed by atoms with E-state index in [1.54, 1.807) is 24.5 Å². The number of nitrogens with zero attached hydrogens (tertiary/aromatic N) is 1. The molecule has 11 heteroatoms. The van der Waals surface area contributed by atoms with E-state index in [1.165, 1.54) is 25.3 Å². The molecule has 2 rings (SSSR count). The maximum absolute atomic E-state index is 12.3. The summed E-state index contributed by atoms with van der Waals surface area (Å²) >= 11 is 0. The smallest absolute Gasteiger partial charge is 0.387 e. The van der Waals surface area contributed by atoms with Crippen molar-refractivity contribution in [3.05, 3.63) is 53.9 Å². The summed E-state index contributed by atoms with van der Waals surface area (Å²) in [6, 6.07) is 7.21. The summed E-state index contributed by atoms with van der Waals surface area (Å²) in [5.74, 6) is -1.59. The maximum atomic E-state index is 12.3. The lowest BCUT2D eigenvalue weighted by molar-refractivity contribution is -0.122. The van der Waals surface area contributed by atoms with Crippen LogP contribution in [0, 0.1) is 0 Å². The molecule has 0 spiro atoms. The molecular weight excluding hydrogens is 414 g/mol. The van der Waals surface area contributed by atoms with E-state index in [-0.39, 0.29) is 42.5 Å². The number of methoxy groups -OCH3 is 1. The molecule has 0 atom stereocenters. The van der Waals surface area contributed by atoms with Gasteiger partial charge in [0.15, 0.2) is 11.5 Å². The number of ether oxygens (including phenoxy) is 2. The van der Waals surface area contributed by atoms with E-state index >= 15 is 0 Å². The van der Waals surface area contributed by atoms with E-state index in [9.17, 15) is 23.2 Å². The minimum Gasteiger partial charge on any atom is -0.493 e. The molecule has 0 aliphatic carbocycles. The second kappa shape index (κ2) is 12.1. The first kappa shape index (κ1) is 23.5. The standard InChI is InChI=1S/C20H22F2N4O5/c1-30-16-10-14(2-3-15(16)31-20(21)22)19(29)26-12-18(28)24-9-6-17(27)25-11-13-4-7-23-8-5-13/h2-5,7-8,10,20H,6,9,11-12H2,1H3,(H,24,28)(H,25,27)(H,26,29). The molecule has 0 saturated heterocycles. The van der Waals surface area contributed by atoms with Crippen molar-refractivity contribution in [3.8, 4) is 11.5 Å². The van der Waals surface area contributed by atoms with Crippen molar-refractivity contribution in [2.45, 2.75) is 19.6 Å². The Morgan fingerprint density at radius 3 is 2.42 bits per heavy atom. The Bertz CT molecular complexity index is 896. The van der Waals surface area contributed by atoms with Crippen LogP contribution in [0.5, 0.6) is 11.5 Å². The van der Waals surface area contributed by atoms with Gasteiger partial charge < -0.3 is 25.4 Å². The molecule has 1 aromatic heterocycles. The predicted octanol–water partition coefficient (Wildman–Crippen LogP) is 1.24. The summed E-state index contributed by atoms with van der Waals surface area (Å²) in [5.41, 5.74) is 1.00. The fourth-order valence-corrected chi connectivity index (χ4v) is 2.43. The van der Waals surface area contributed by atoms with Crippen molar-refractivity contribution in [1.29, 1.82) is 0 Å². The number of nitrogens with one attached hydrogen (secondary N) is 3. The number of aromatic nitrogens is 1. The number of amides is 3. The highest BCUT2D eigenvalue weighted by Gasteiger charge is 2.15. The average Bonchev–Trinajstić information content (AvgIpc) is 2.76. The van der Waals surface area contributed by atoms with Crippen LogP contribution in [0.25, 0.3) is 0 Å². The first-order valence-corrected chi connectivity index (χ1v) is 9.22. The molecule has 0 saturated carbocycles. The largest absolute Gasteiger partial charge is 0.493 e. The Balaban J connectivity index is 1.70. The van der Waals surface area contributed by atoms with Gasteiger partial charge in [0.1, 0.15) is 0 Å². The Morgan fingerprint density at radius 1 is 1.00 bits per heavy atom. The SMILES string of the molecule is COc1cc(C(=O)NCC(=O)NCCC(=O)NCc2ccncc2)ccc1OC(F)F. The minimum absolute atomic E-state index is 0.0461. The molecule has 166 valence electrons. The molecule has 0 aliphatic heterocycles. The number of carbonyl (C=O) groups excluding carboxylic acids is 3. The van der Waals surface area contributed by atoms with Crippen LogP contribution in [0.1, 0.15) is 22.3 Å². The van der Waals surface area contributed by atoms with Gasteiger partial charge in [0, 0.05) is 37.5 Å². The minimum atomic E-state index is -3.03. The van der Waals surface area contributed by atoms with Gasteiger partial charge >= 0.3 is 6.61 Å². The molecule has 0 bridgehead atoms.